The fourth-order valence-electron chi connectivity index (χ4n) is 8.50. The van der Waals surface area contributed by atoms with Gasteiger partial charge in [0.15, 0.2) is 11.9 Å². The summed E-state index contributed by atoms with van der Waals surface area (Å²) in [5.41, 5.74) is 44.4. The van der Waals surface area contributed by atoms with E-state index in [1.807, 2.05) is 0 Å². The molecule has 0 radical (unpaired) electrons. The Hall–Kier alpha value is -8.38. The first-order chi connectivity index (χ1) is 40.2. The average Bonchev–Trinajstić information content (AvgIpc) is 2.42. The molecule has 9 atom stereocenters. The van der Waals surface area contributed by atoms with Crippen molar-refractivity contribution in [3.8, 4) is 0 Å². The van der Waals surface area contributed by atoms with E-state index in [1.165, 1.54) is 4.90 Å². The minimum absolute atomic E-state index is 0.0215. The highest BCUT2D eigenvalue weighted by Gasteiger charge is 2.40. The third kappa shape index (κ3) is 29.4. The van der Waals surface area contributed by atoms with E-state index in [2.05, 4.69) is 41.9 Å². The SMILES string of the molecule is CC(C)C[C@H](NC(=O)[C@H](Cc1ccccc1)NC(=O)[C@@H](N)CS(=O)(=O)O)C(=O)N[C@@H](Cc1ccccc1)C(=O)N[C@@H](CCCN=C(N)N)C(=O)N1CCC[C@H]1C(=O)N[C@@H](CCCN=C(N)N)C(=O)N[C@@H](CC(N)=O)C(N)=O.N[C@H](C=O)CS(=O)(=O)O. The smallest absolute Gasteiger partial charge is 0.266 e. The van der Waals surface area contributed by atoms with Crippen LogP contribution in [0, 0.1) is 5.92 Å². The third-order valence-corrected chi connectivity index (χ3v) is 14.1. The van der Waals surface area contributed by atoms with Crippen molar-refractivity contribution in [3.63, 3.8) is 0 Å². The maximum Gasteiger partial charge on any atom is 0.266 e. The highest BCUT2D eigenvalue weighted by atomic mass is 32.2. The summed E-state index contributed by atoms with van der Waals surface area (Å²) >= 11 is 0. The lowest BCUT2D eigenvalue weighted by Crippen LogP contribution is -2.60. The minimum Gasteiger partial charge on any atom is -0.370 e. The molecule has 478 valence electrons. The zero-order valence-corrected chi connectivity index (χ0v) is 49.3. The Morgan fingerprint density at radius 3 is 1.47 bits per heavy atom. The summed E-state index contributed by atoms with van der Waals surface area (Å²) in [6.07, 6.45) is 0.00791. The van der Waals surface area contributed by atoms with Gasteiger partial charge in [-0.15, -0.1) is 0 Å². The van der Waals surface area contributed by atoms with Gasteiger partial charge in [-0.1, -0.05) is 74.5 Å². The number of carbonyl (C=O) groups is 10. The number of aliphatic imine (C=N–C) groups is 2. The number of amides is 9. The molecule has 33 nitrogen and oxygen atoms in total. The molecule has 2 aromatic rings. The Bertz CT molecular complexity index is 2920. The normalized spacial score (nSPS) is 15.8. The Kier molecular flexibility index (Phi) is 31.3. The highest BCUT2D eigenvalue weighted by Crippen LogP contribution is 2.21. The number of nitrogens with one attached hydrogen (secondary N) is 6. The van der Waals surface area contributed by atoms with Gasteiger partial charge in [-0.3, -0.25) is 62.2 Å². The van der Waals surface area contributed by atoms with Gasteiger partial charge < -0.3 is 87.5 Å². The first kappa shape index (κ1) is 73.7. The molecule has 0 spiro atoms. The molecule has 0 aromatic heterocycles. The lowest BCUT2D eigenvalue weighted by molar-refractivity contribution is -0.142. The fourth-order valence-corrected chi connectivity index (χ4v) is 9.67. The summed E-state index contributed by atoms with van der Waals surface area (Å²) in [6, 6.07) is 4.57. The van der Waals surface area contributed by atoms with E-state index in [-0.39, 0.29) is 95.1 Å². The number of likely N-dealkylation sites (tertiary alicyclic amines) is 1. The van der Waals surface area contributed by atoms with Crippen LogP contribution >= 0.6 is 0 Å². The van der Waals surface area contributed by atoms with Crippen molar-refractivity contribution in [2.75, 3.05) is 31.1 Å². The van der Waals surface area contributed by atoms with E-state index in [0.717, 1.165) is 0 Å². The van der Waals surface area contributed by atoms with Gasteiger partial charge in [-0.2, -0.15) is 16.8 Å². The number of hydrogen-bond acceptors (Lipinski definition) is 18. The second-order valence-corrected chi connectivity index (χ2v) is 23.4. The summed E-state index contributed by atoms with van der Waals surface area (Å²) in [6.45, 7) is 3.67. The van der Waals surface area contributed by atoms with Crippen molar-refractivity contribution in [2.45, 2.75) is 132 Å². The number of guanidine groups is 2. The van der Waals surface area contributed by atoms with Gasteiger partial charge in [0.25, 0.3) is 20.2 Å². The van der Waals surface area contributed by atoms with Crippen LogP contribution < -0.4 is 77.8 Å². The van der Waals surface area contributed by atoms with Crippen LogP contribution in [0.2, 0.25) is 0 Å². The number of hydrogen-bond donors (Lipinski definition) is 16. The molecule has 1 saturated heterocycles. The Balaban J connectivity index is 0.00000258. The summed E-state index contributed by atoms with van der Waals surface area (Å²) in [5.74, 6) is -10.5. The fraction of sp³-hybridized carbons (Fsp3) is 0.529. The van der Waals surface area contributed by atoms with Crippen LogP contribution in [0.1, 0.15) is 76.3 Å². The summed E-state index contributed by atoms with van der Waals surface area (Å²) in [5, 5.41) is 15.5. The van der Waals surface area contributed by atoms with Crippen molar-refractivity contribution < 1.29 is 73.9 Å². The van der Waals surface area contributed by atoms with Gasteiger partial charge in [-0.05, 0) is 62.0 Å². The molecular weight excluding hydrogens is 1170 g/mol. The summed E-state index contributed by atoms with van der Waals surface area (Å²) in [7, 11) is -8.78. The standard InChI is InChI=1S/C48H74N16O12S.C3H7NO4S/c1-27(2)22-34(62-44(71)35(23-28-12-5-3-6-13-28)61-40(67)30(49)26-77(74,75)76)42(69)63-36(24-29-14-7-4-8-15-29)43(70)59-32(17-10-20-57-48(54)55)46(73)64-21-11-18-37(64)45(72)58-31(16-9-19-56-47(52)53)41(68)60-33(39(51)66)25-38(50)65;4-3(1-5)2-9(6,7)8/h3-8,12-15,27,30-37H,9-11,16-26,49H2,1-2H3,(H2,50,65)(H2,51,66)(H,58,72)(H,59,70)(H,60,68)(H,61,67)(H,62,71)(H,63,69)(H4,52,53,56)(H4,54,55,57)(H,74,75,76);1,3H,2,4H2,(H,6,7,8)/t30-,31-,32-,33-,34-,35-,36-,37-;3-/m01/s1. The highest BCUT2D eigenvalue weighted by molar-refractivity contribution is 7.86. The molecule has 1 fully saturated rings. The van der Waals surface area contributed by atoms with Gasteiger partial charge in [0.05, 0.1) is 24.0 Å². The van der Waals surface area contributed by atoms with Gasteiger partial charge in [-0.25, -0.2) is 0 Å². The van der Waals surface area contributed by atoms with Crippen LogP contribution in [0.3, 0.4) is 0 Å². The summed E-state index contributed by atoms with van der Waals surface area (Å²) < 4.78 is 60.2. The zero-order chi connectivity index (χ0) is 64.9. The van der Waals surface area contributed by atoms with Gasteiger partial charge >= 0.3 is 0 Å². The van der Waals surface area contributed by atoms with Crippen molar-refractivity contribution in [1.82, 2.24) is 36.8 Å². The second kappa shape index (κ2) is 36.5. The molecule has 3 rings (SSSR count). The van der Waals surface area contributed by atoms with Crippen molar-refractivity contribution in [1.29, 1.82) is 0 Å². The number of benzene rings is 2. The minimum atomic E-state index is -4.69. The number of nitrogens with two attached hydrogens (primary N) is 8. The molecule has 0 aliphatic carbocycles. The van der Waals surface area contributed by atoms with Crippen LogP contribution in [0.25, 0.3) is 0 Å². The van der Waals surface area contributed by atoms with E-state index in [1.54, 1.807) is 74.5 Å². The number of carbonyl (C=O) groups excluding carboxylic acids is 10. The van der Waals surface area contributed by atoms with Crippen LogP contribution in [0.4, 0.5) is 0 Å². The number of rotatable bonds is 35. The van der Waals surface area contributed by atoms with E-state index >= 15 is 0 Å². The van der Waals surface area contributed by atoms with Crippen molar-refractivity contribution in [2.24, 2.45) is 61.8 Å². The lowest BCUT2D eigenvalue weighted by Gasteiger charge is -2.31. The maximum atomic E-state index is 14.7. The van der Waals surface area contributed by atoms with Gasteiger partial charge in [0.2, 0.25) is 53.2 Å². The van der Waals surface area contributed by atoms with Crippen LogP contribution in [-0.4, -0.2) is 188 Å². The van der Waals surface area contributed by atoms with Crippen LogP contribution in [0.15, 0.2) is 70.6 Å². The molecule has 0 saturated carbocycles. The molecule has 1 aliphatic rings. The molecule has 86 heavy (non-hydrogen) atoms. The van der Waals surface area contributed by atoms with E-state index in [4.69, 9.17) is 50.4 Å². The zero-order valence-electron chi connectivity index (χ0n) is 47.6. The predicted molar refractivity (Wildman–Crippen MR) is 314 cm³/mol. The Morgan fingerprint density at radius 2 is 1.03 bits per heavy atom. The van der Waals surface area contributed by atoms with Crippen LogP contribution in [-0.2, 0) is 81.0 Å². The van der Waals surface area contributed by atoms with Crippen LogP contribution in [0.5, 0.6) is 0 Å². The number of nitrogens with zero attached hydrogens (tertiary/aromatic N) is 3. The molecule has 24 N–H and O–H groups in total. The van der Waals surface area contributed by atoms with E-state index in [0.29, 0.717) is 17.5 Å². The molecule has 0 unspecified atom stereocenters. The second-order valence-electron chi connectivity index (χ2n) is 20.4. The molecule has 35 heteroatoms. The monoisotopic (exact) mass is 1250 g/mol. The lowest BCUT2D eigenvalue weighted by atomic mass is 9.99. The quantitative estimate of drug-likeness (QED) is 0.0100. The maximum absolute atomic E-state index is 14.7. The topological polar surface area (TPSA) is 588 Å². The van der Waals surface area contributed by atoms with Crippen molar-refractivity contribution >= 4 is 91.6 Å². The van der Waals surface area contributed by atoms with Gasteiger partial charge in [0.1, 0.15) is 54.6 Å². The molecule has 1 aliphatic heterocycles. The number of primary amides is 2. The first-order valence-electron chi connectivity index (χ1n) is 27.0. The molecule has 0 bridgehead atoms. The largest absolute Gasteiger partial charge is 0.370 e. The predicted octanol–water partition coefficient (Wildman–Crippen LogP) is -6.50. The molecule has 2 aromatic carbocycles. The van der Waals surface area contributed by atoms with E-state index < -0.39 is 146 Å². The van der Waals surface area contributed by atoms with Crippen molar-refractivity contribution in [3.05, 3.63) is 71.8 Å². The van der Waals surface area contributed by atoms with Gasteiger partial charge in [0, 0.05) is 32.5 Å². The third-order valence-electron chi connectivity index (χ3n) is 12.5. The molecule has 9 amide bonds. The first-order valence-corrected chi connectivity index (χ1v) is 30.2. The van der Waals surface area contributed by atoms with E-state index in [9.17, 15) is 69.3 Å². The molecular formula is C51H81N17O16S2. The average molecular weight is 1250 g/mol. The number of aldehydes is 1. The Labute approximate surface area is 497 Å². The Morgan fingerprint density at radius 1 is 0.605 bits per heavy atom. The molecule has 1 heterocycles. The summed E-state index contributed by atoms with van der Waals surface area (Å²) in [4.78, 5) is 141.